The van der Waals surface area contributed by atoms with Gasteiger partial charge in [-0.1, -0.05) is 24.6 Å². The summed E-state index contributed by atoms with van der Waals surface area (Å²) >= 11 is 0. The summed E-state index contributed by atoms with van der Waals surface area (Å²) in [4.78, 5) is 2.48. The highest BCUT2D eigenvalue weighted by molar-refractivity contribution is 5.51. The third-order valence-electron chi connectivity index (χ3n) is 4.83. The second kappa shape index (κ2) is 7.61. The van der Waals surface area contributed by atoms with Crippen LogP contribution in [0.4, 0.5) is 0 Å². The van der Waals surface area contributed by atoms with Gasteiger partial charge in [0, 0.05) is 30.5 Å². The van der Waals surface area contributed by atoms with E-state index < -0.39 is 0 Å². The average Bonchev–Trinajstić information content (AvgIpc) is 3.34. The van der Waals surface area contributed by atoms with Gasteiger partial charge in [0.1, 0.15) is 0 Å². The molecule has 130 valence electrons. The molecule has 2 aromatic heterocycles. The van der Waals surface area contributed by atoms with Crippen molar-refractivity contribution >= 4 is 0 Å². The summed E-state index contributed by atoms with van der Waals surface area (Å²) in [7, 11) is 0. The van der Waals surface area contributed by atoms with E-state index in [1.54, 1.807) is 0 Å². The van der Waals surface area contributed by atoms with Crippen LogP contribution in [0, 0.1) is 0 Å². The number of likely N-dealkylation sites (tertiary alicyclic amines) is 1. The molecular formula is C19H23N5O. The van der Waals surface area contributed by atoms with E-state index in [1.165, 1.54) is 19.3 Å². The quantitative estimate of drug-likeness (QED) is 0.690. The minimum absolute atomic E-state index is 0.546. The third kappa shape index (κ3) is 3.96. The molecule has 0 saturated carbocycles. The Morgan fingerprint density at radius 3 is 2.84 bits per heavy atom. The molecule has 3 aromatic rings. The molecular weight excluding hydrogens is 314 g/mol. The van der Waals surface area contributed by atoms with Crippen molar-refractivity contribution in [2.24, 2.45) is 0 Å². The van der Waals surface area contributed by atoms with Crippen LogP contribution in [0.25, 0.3) is 11.5 Å². The van der Waals surface area contributed by atoms with Gasteiger partial charge >= 0.3 is 0 Å². The lowest BCUT2D eigenvalue weighted by Gasteiger charge is -2.34. The van der Waals surface area contributed by atoms with E-state index >= 15 is 0 Å². The lowest BCUT2D eigenvalue weighted by Crippen LogP contribution is -2.39. The summed E-state index contributed by atoms with van der Waals surface area (Å²) < 4.78 is 7.90. The van der Waals surface area contributed by atoms with Crippen molar-refractivity contribution in [1.29, 1.82) is 0 Å². The Kier molecular flexibility index (Phi) is 4.88. The highest BCUT2D eigenvalue weighted by Gasteiger charge is 2.24. The summed E-state index contributed by atoms with van der Waals surface area (Å²) in [6.07, 6.45) is 8.71. The number of hydrogen-bond donors (Lipinski definition) is 0. The lowest BCUT2D eigenvalue weighted by molar-refractivity contribution is 0.116. The van der Waals surface area contributed by atoms with Gasteiger partial charge in [-0.25, -0.2) is 0 Å². The van der Waals surface area contributed by atoms with Crippen LogP contribution in [-0.4, -0.2) is 37.5 Å². The molecule has 1 atom stereocenters. The minimum Gasteiger partial charge on any atom is -0.419 e. The summed E-state index contributed by atoms with van der Waals surface area (Å²) in [6.45, 7) is 2.77. The molecule has 1 fully saturated rings. The van der Waals surface area contributed by atoms with Gasteiger partial charge in [0.2, 0.25) is 11.8 Å². The van der Waals surface area contributed by atoms with Gasteiger partial charge in [-0.15, -0.1) is 10.2 Å². The molecule has 1 aliphatic rings. The van der Waals surface area contributed by atoms with E-state index in [1.807, 2.05) is 53.5 Å². The number of hydrogen-bond acceptors (Lipinski definition) is 5. The number of nitrogens with zero attached hydrogens (tertiary/aromatic N) is 5. The standard InChI is InChI=1S/C19H23N5O/c1-2-7-16(8-3-1)19-22-21-18(25-19)15-23-12-5-4-9-17(23)10-14-24-13-6-11-20-24/h1-3,6-8,11,13,17H,4-5,9-10,12,14-15H2/t17-/m0/s1. The van der Waals surface area contributed by atoms with Crippen molar-refractivity contribution in [1.82, 2.24) is 24.9 Å². The first-order valence-corrected chi connectivity index (χ1v) is 8.98. The van der Waals surface area contributed by atoms with Gasteiger partial charge in [0.15, 0.2) is 0 Å². The Morgan fingerprint density at radius 1 is 1.08 bits per heavy atom. The van der Waals surface area contributed by atoms with Gasteiger partial charge in [-0.3, -0.25) is 9.58 Å². The van der Waals surface area contributed by atoms with E-state index in [4.69, 9.17) is 4.42 Å². The molecule has 6 heteroatoms. The van der Waals surface area contributed by atoms with E-state index in [9.17, 15) is 0 Å². The molecule has 0 radical (unpaired) electrons. The maximum absolute atomic E-state index is 5.89. The molecule has 1 aliphatic heterocycles. The third-order valence-corrected chi connectivity index (χ3v) is 4.83. The number of aromatic nitrogens is 4. The zero-order chi connectivity index (χ0) is 16.9. The fourth-order valence-corrected chi connectivity index (χ4v) is 3.50. The molecule has 6 nitrogen and oxygen atoms in total. The fourth-order valence-electron chi connectivity index (χ4n) is 3.50. The number of rotatable bonds is 6. The average molecular weight is 337 g/mol. The van der Waals surface area contributed by atoms with Gasteiger partial charge in [-0.2, -0.15) is 5.10 Å². The molecule has 0 spiro atoms. The van der Waals surface area contributed by atoms with Gasteiger partial charge < -0.3 is 4.42 Å². The maximum Gasteiger partial charge on any atom is 0.247 e. The SMILES string of the molecule is c1ccc(-c2nnc(CN3CCCC[C@H]3CCn3cccn3)o2)cc1. The fraction of sp³-hybridized carbons (Fsp3) is 0.421. The maximum atomic E-state index is 5.89. The predicted molar refractivity (Wildman–Crippen MR) is 94.6 cm³/mol. The molecule has 4 rings (SSSR count). The molecule has 25 heavy (non-hydrogen) atoms. The van der Waals surface area contributed by atoms with Crippen molar-refractivity contribution in [3.8, 4) is 11.5 Å². The summed E-state index contributed by atoms with van der Waals surface area (Å²) in [5.74, 6) is 1.30. The Labute approximate surface area is 147 Å². The van der Waals surface area contributed by atoms with Gasteiger partial charge in [-0.05, 0) is 44.0 Å². The van der Waals surface area contributed by atoms with Crippen molar-refractivity contribution in [2.45, 2.75) is 44.8 Å². The minimum atomic E-state index is 0.546. The Balaban J connectivity index is 1.40. The van der Waals surface area contributed by atoms with E-state index in [-0.39, 0.29) is 0 Å². The first kappa shape index (κ1) is 16.0. The highest BCUT2D eigenvalue weighted by Crippen LogP contribution is 2.23. The zero-order valence-electron chi connectivity index (χ0n) is 14.3. The molecule has 0 amide bonds. The van der Waals surface area contributed by atoms with E-state index in [0.717, 1.165) is 31.6 Å². The van der Waals surface area contributed by atoms with Crippen LogP contribution < -0.4 is 0 Å². The van der Waals surface area contributed by atoms with Crippen molar-refractivity contribution in [3.05, 3.63) is 54.7 Å². The van der Waals surface area contributed by atoms with Crippen LogP contribution >= 0.6 is 0 Å². The van der Waals surface area contributed by atoms with Crippen molar-refractivity contribution in [3.63, 3.8) is 0 Å². The normalized spacial score (nSPS) is 18.5. The monoisotopic (exact) mass is 337 g/mol. The Bertz CT molecular complexity index is 768. The summed E-state index contributed by atoms with van der Waals surface area (Å²) in [6, 6.07) is 12.5. The zero-order valence-corrected chi connectivity index (χ0v) is 14.3. The second-order valence-electron chi connectivity index (χ2n) is 6.54. The molecule has 1 saturated heterocycles. The molecule has 0 unspecified atom stereocenters. The molecule has 3 heterocycles. The van der Waals surface area contributed by atoms with Crippen LogP contribution in [0.3, 0.4) is 0 Å². The van der Waals surface area contributed by atoms with E-state index in [0.29, 0.717) is 17.8 Å². The second-order valence-corrected chi connectivity index (χ2v) is 6.54. The van der Waals surface area contributed by atoms with Crippen molar-refractivity contribution < 1.29 is 4.42 Å². The molecule has 0 bridgehead atoms. The molecule has 1 aromatic carbocycles. The Morgan fingerprint density at radius 2 is 2.00 bits per heavy atom. The van der Waals surface area contributed by atoms with Crippen LogP contribution in [0.2, 0.25) is 0 Å². The number of piperidine rings is 1. The first-order chi connectivity index (χ1) is 12.4. The smallest absolute Gasteiger partial charge is 0.247 e. The molecule has 0 N–H and O–H groups in total. The first-order valence-electron chi connectivity index (χ1n) is 8.98. The van der Waals surface area contributed by atoms with Crippen molar-refractivity contribution in [2.75, 3.05) is 6.54 Å². The topological polar surface area (TPSA) is 60.0 Å². The summed E-state index contributed by atoms with van der Waals surface area (Å²) in [5, 5.41) is 12.8. The van der Waals surface area contributed by atoms with Crippen LogP contribution in [0.15, 0.2) is 53.2 Å². The Hall–Kier alpha value is -2.47. The number of benzene rings is 1. The summed E-state index contributed by atoms with van der Waals surface area (Å²) in [5.41, 5.74) is 0.968. The number of aryl methyl sites for hydroxylation is 1. The van der Waals surface area contributed by atoms with Gasteiger partial charge in [0.25, 0.3) is 0 Å². The lowest BCUT2D eigenvalue weighted by atomic mass is 9.99. The highest BCUT2D eigenvalue weighted by atomic mass is 16.4. The van der Waals surface area contributed by atoms with Crippen LogP contribution in [0.5, 0.6) is 0 Å². The van der Waals surface area contributed by atoms with Crippen LogP contribution in [0.1, 0.15) is 31.6 Å². The van der Waals surface area contributed by atoms with Crippen LogP contribution in [-0.2, 0) is 13.1 Å². The predicted octanol–water partition coefficient (Wildman–Crippen LogP) is 3.38. The van der Waals surface area contributed by atoms with Gasteiger partial charge in [0.05, 0.1) is 6.54 Å². The molecule has 0 aliphatic carbocycles. The largest absolute Gasteiger partial charge is 0.419 e. The van der Waals surface area contributed by atoms with E-state index in [2.05, 4.69) is 20.2 Å².